The van der Waals surface area contributed by atoms with E-state index in [-0.39, 0.29) is 59.2 Å². The van der Waals surface area contributed by atoms with E-state index in [0.29, 0.717) is 11.3 Å². The molecule has 0 spiro atoms. The third-order valence-electron chi connectivity index (χ3n) is 9.10. The fraction of sp³-hybridized carbons (Fsp3) is 0.269. The van der Waals surface area contributed by atoms with Gasteiger partial charge in [-0.3, -0.25) is 0 Å². The second-order valence-corrected chi connectivity index (χ2v) is 15.8. The maximum atomic E-state index is 9.19. The molecule has 0 bridgehead atoms. The average molecular weight is 923 g/mol. The van der Waals surface area contributed by atoms with Gasteiger partial charge in [0.15, 0.2) is 0 Å². The van der Waals surface area contributed by atoms with Crippen LogP contribution in [0.5, 0.6) is 0 Å². The number of hydrogen-bond acceptors (Lipinski definition) is 3. The van der Waals surface area contributed by atoms with Crippen molar-refractivity contribution in [3.05, 3.63) is 167 Å². The van der Waals surface area contributed by atoms with Crippen LogP contribution in [0.3, 0.4) is 0 Å². The van der Waals surface area contributed by atoms with Crippen molar-refractivity contribution in [2.24, 2.45) is 10.8 Å². The number of aromatic nitrogens is 2. The number of nitrogens with zero attached hydrogens (tertiary/aromatic N) is 2. The molecule has 3 aromatic heterocycles. The zero-order valence-electron chi connectivity index (χ0n) is 44.2. The molecule has 1 aliphatic carbocycles. The Kier molecular flexibility index (Phi) is 7.64. The number of rotatable bonds is 5. The van der Waals surface area contributed by atoms with Crippen LogP contribution >= 0.6 is 0 Å². The minimum absolute atomic E-state index is 0. The van der Waals surface area contributed by atoms with Gasteiger partial charge in [0.25, 0.3) is 0 Å². The van der Waals surface area contributed by atoms with Gasteiger partial charge in [0.2, 0.25) is 0 Å². The number of benzene rings is 5. The summed E-state index contributed by atoms with van der Waals surface area (Å²) in [6.45, 7) is 8.05. The summed E-state index contributed by atoms with van der Waals surface area (Å²) in [5.41, 5.74) is 1.90. The van der Waals surface area contributed by atoms with E-state index in [2.05, 4.69) is 46.4 Å². The molecule has 1 unspecified atom stereocenters. The predicted molar refractivity (Wildman–Crippen MR) is 229 cm³/mol. The third-order valence-corrected chi connectivity index (χ3v) is 9.10. The summed E-state index contributed by atoms with van der Waals surface area (Å²) >= 11 is 0. The fourth-order valence-electron chi connectivity index (χ4n) is 6.81. The van der Waals surface area contributed by atoms with E-state index in [9.17, 15) is 1.37 Å². The number of hydrogen-bond donors (Lipinski definition) is 0. The number of fused-ring (bicyclic) bond motifs is 6. The topological polar surface area (TPSA) is 38.9 Å². The van der Waals surface area contributed by atoms with Crippen LogP contribution in [0.2, 0.25) is 0 Å². The Morgan fingerprint density at radius 3 is 2.25 bits per heavy atom. The summed E-state index contributed by atoms with van der Waals surface area (Å²) in [6.07, 6.45) is -5.81. The van der Waals surface area contributed by atoms with Gasteiger partial charge in [-0.15, -0.1) is 53.1 Å². The van der Waals surface area contributed by atoms with Crippen LogP contribution < -0.4 is 0 Å². The summed E-state index contributed by atoms with van der Waals surface area (Å²) in [7, 11) is 0. The summed E-state index contributed by atoms with van der Waals surface area (Å²) in [5, 5.41) is 4.27. The number of aryl methyl sites for hydroxylation is 1. The van der Waals surface area contributed by atoms with Crippen molar-refractivity contribution in [3.63, 3.8) is 0 Å². The molecule has 3 nitrogen and oxygen atoms in total. The molecule has 3 heterocycles. The van der Waals surface area contributed by atoms with Gasteiger partial charge in [-0.2, -0.15) is 0 Å². The average Bonchev–Trinajstić information content (AvgIpc) is 3.72. The Balaban J connectivity index is 0.000000202. The molecular formula is C52H50IrN2O-2. The molecule has 285 valence electrons. The second kappa shape index (κ2) is 15.9. The van der Waals surface area contributed by atoms with E-state index >= 15 is 0 Å². The van der Waals surface area contributed by atoms with E-state index < -0.39 is 49.1 Å². The van der Waals surface area contributed by atoms with Crippen molar-refractivity contribution < 1.29 is 41.0 Å². The van der Waals surface area contributed by atoms with Crippen LogP contribution in [0.25, 0.3) is 55.2 Å². The Morgan fingerprint density at radius 2 is 1.46 bits per heavy atom. The van der Waals surface area contributed by atoms with Crippen LogP contribution in [-0.4, -0.2) is 9.97 Å². The van der Waals surface area contributed by atoms with Gasteiger partial charge in [0.05, 0.1) is 5.58 Å². The van der Waals surface area contributed by atoms with Gasteiger partial charge in [-0.25, -0.2) is 0 Å². The Hall–Kier alpha value is -4.89. The van der Waals surface area contributed by atoms with E-state index in [4.69, 9.17) is 19.5 Å². The van der Waals surface area contributed by atoms with Gasteiger partial charge in [-0.1, -0.05) is 149 Å². The van der Waals surface area contributed by atoms with Gasteiger partial charge in [0.1, 0.15) is 5.58 Å². The van der Waals surface area contributed by atoms with Crippen LogP contribution in [0.15, 0.2) is 126 Å². The second-order valence-electron chi connectivity index (χ2n) is 15.8. The maximum absolute atomic E-state index is 9.19. The van der Waals surface area contributed by atoms with E-state index in [1.165, 1.54) is 30.3 Å². The van der Waals surface area contributed by atoms with E-state index in [0.717, 1.165) is 44.5 Å². The van der Waals surface area contributed by atoms with Crippen LogP contribution in [0.4, 0.5) is 0 Å². The molecule has 1 radical (unpaired) electrons. The first-order valence-electron chi connectivity index (χ1n) is 24.4. The SMILES string of the molecule is [2H]C([2H])([2H])c1cnc(-c2[c-]ccc3c2C([2H])([2H])C([2H])(c2ccccc2)C3([2H])[2H])cc1C([2H])([2H])C(C)(C)C.[2H]C([2H])(c1ccnc(-c2[c-]ccc3c2oc2c4ccccc4ccc32)c1)C(C)(C)C.[Ir]. The molecule has 56 heavy (non-hydrogen) atoms. The summed E-state index contributed by atoms with van der Waals surface area (Å²) in [5.74, 6) is -2.34. The van der Waals surface area contributed by atoms with E-state index in [1.807, 2.05) is 51.1 Å². The summed E-state index contributed by atoms with van der Waals surface area (Å²) in [6, 6.07) is 38.2. The van der Waals surface area contributed by atoms with Crippen molar-refractivity contribution in [1.82, 2.24) is 9.97 Å². The Labute approximate surface area is 362 Å². The van der Waals surface area contributed by atoms with Crippen molar-refractivity contribution in [2.45, 2.75) is 79.8 Å². The van der Waals surface area contributed by atoms with Crippen LogP contribution in [-0.2, 0) is 45.6 Å². The summed E-state index contributed by atoms with van der Waals surface area (Å²) < 4.78 is 110. The molecule has 4 heteroatoms. The Bertz CT molecular complexity index is 3190. The zero-order valence-corrected chi connectivity index (χ0v) is 34.6. The first kappa shape index (κ1) is 26.9. The molecule has 9 rings (SSSR count). The first-order valence-corrected chi connectivity index (χ1v) is 18.4. The predicted octanol–water partition coefficient (Wildman–Crippen LogP) is 13.5. The molecule has 1 aliphatic rings. The van der Waals surface area contributed by atoms with Crippen molar-refractivity contribution in [2.75, 3.05) is 0 Å². The zero-order chi connectivity index (χ0) is 48.9. The number of pyridine rings is 2. The standard InChI is InChI=1S/C26H22NO.C26H28N.Ir/c1-26(2,3)16-17-13-14-27-23(15-17)22-10-6-9-20-21-12-11-18-7-4-5-8-19(18)24(21)28-25(20)22;1-18-17-27-25(15-22(18)16-26(2,3)4)23-12-8-11-20-13-21(14-24(20)23)19-9-6-5-7-10-19;/h4-9,11-15H,16H2,1-3H3;5-11,15,17,21H,13-14,16H2,1-4H3;/q2*-1;/i16D2;1D3,13D2,14D2,16D2,21D;. The van der Waals surface area contributed by atoms with Crippen molar-refractivity contribution in [1.29, 1.82) is 0 Å². The molecule has 8 aromatic rings. The number of furan rings is 1. The van der Waals surface area contributed by atoms with Crippen molar-refractivity contribution in [3.8, 4) is 22.5 Å². The molecule has 1 atom stereocenters. The minimum Gasteiger partial charge on any atom is -0.500 e. The van der Waals surface area contributed by atoms with E-state index in [1.54, 1.807) is 51.2 Å². The molecule has 0 N–H and O–H groups in total. The third kappa shape index (κ3) is 8.43. The Morgan fingerprint density at radius 1 is 0.750 bits per heavy atom. The minimum atomic E-state index is -2.64. The summed E-state index contributed by atoms with van der Waals surface area (Å²) in [4.78, 5) is 8.80. The maximum Gasteiger partial charge on any atom is 0.128 e. The molecule has 0 aliphatic heterocycles. The van der Waals surface area contributed by atoms with Gasteiger partial charge in [0, 0.05) is 59.7 Å². The van der Waals surface area contributed by atoms with Gasteiger partial charge < -0.3 is 14.4 Å². The molecule has 0 amide bonds. The molecule has 0 fully saturated rings. The largest absolute Gasteiger partial charge is 0.500 e. The van der Waals surface area contributed by atoms with Crippen molar-refractivity contribution >= 4 is 32.7 Å². The molecule has 0 saturated carbocycles. The molecule has 0 saturated heterocycles. The van der Waals surface area contributed by atoms with Gasteiger partial charge in [-0.05, 0) is 76.7 Å². The van der Waals surface area contributed by atoms with Gasteiger partial charge >= 0.3 is 0 Å². The quantitative estimate of drug-likeness (QED) is 0.161. The van der Waals surface area contributed by atoms with Crippen LogP contribution in [0, 0.1) is 29.8 Å². The molecule has 5 aromatic carbocycles. The normalized spacial score (nSPS) is 21.0. The smallest absolute Gasteiger partial charge is 0.128 e. The van der Waals surface area contributed by atoms with Crippen LogP contribution in [0.1, 0.15) is 97.3 Å². The fourth-order valence-corrected chi connectivity index (χ4v) is 6.81. The first-order chi connectivity index (χ1) is 31.1. The molecular weight excluding hydrogens is 861 g/mol. The monoisotopic (exact) mass is 923 g/mol.